The molecule has 2 rings (SSSR count). The number of benzene rings is 2. The number of carboxylic acid groups (broad SMARTS) is 1. The van der Waals surface area contributed by atoms with Gasteiger partial charge in [-0.1, -0.05) is 29.5 Å². The molecule has 0 heterocycles. The van der Waals surface area contributed by atoms with Crippen LogP contribution in [0.1, 0.15) is 15.9 Å². The van der Waals surface area contributed by atoms with Crippen molar-refractivity contribution < 1.29 is 23.4 Å². The number of rotatable bonds is 4. The van der Waals surface area contributed by atoms with E-state index in [0.717, 1.165) is 23.8 Å². The summed E-state index contributed by atoms with van der Waals surface area (Å²) < 4.78 is 26.7. The van der Waals surface area contributed by atoms with Gasteiger partial charge in [-0.05, 0) is 31.2 Å². The van der Waals surface area contributed by atoms with Crippen molar-refractivity contribution in [2.75, 3.05) is 4.72 Å². The molecule has 0 aromatic heterocycles. The number of aromatic carboxylic acids is 1. The van der Waals surface area contributed by atoms with E-state index in [0.29, 0.717) is 5.69 Å². The van der Waals surface area contributed by atoms with Crippen LogP contribution in [0.3, 0.4) is 0 Å². The molecule has 6 nitrogen and oxygen atoms in total. The Morgan fingerprint density at radius 3 is 2.33 bits per heavy atom. The van der Waals surface area contributed by atoms with E-state index in [4.69, 9.17) is 5.11 Å². The van der Waals surface area contributed by atoms with Crippen LogP contribution in [0, 0.1) is 6.92 Å². The maximum Gasteiger partial charge on any atom is 0.335 e. The fraction of sp³-hybridized carbons (Fsp3) is 0.0714. The minimum atomic E-state index is -3.95. The van der Waals surface area contributed by atoms with Crippen LogP contribution in [0.5, 0.6) is 5.75 Å². The Balaban J connectivity index is 2.38. The fourth-order valence-corrected chi connectivity index (χ4v) is 2.76. The van der Waals surface area contributed by atoms with E-state index in [1.165, 1.54) is 0 Å². The molecule has 0 unspecified atom stereocenters. The number of nitrogens with one attached hydrogen (secondary N) is 1. The summed E-state index contributed by atoms with van der Waals surface area (Å²) in [4.78, 5) is 10.6. The molecule has 0 fully saturated rings. The van der Waals surface area contributed by atoms with Crippen LogP contribution < -0.4 is 9.83 Å². The van der Waals surface area contributed by atoms with Crippen LogP contribution >= 0.6 is 0 Å². The second-order valence-electron chi connectivity index (χ2n) is 4.43. The number of aryl methyl sites for hydroxylation is 1. The number of anilines is 1. The van der Waals surface area contributed by atoms with Gasteiger partial charge in [0.25, 0.3) is 10.0 Å². The molecule has 0 amide bonds. The Hall–Kier alpha value is -2.54. The highest BCUT2D eigenvalue weighted by Crippen LogP contribution is 2.21. The molecule has 2 aromatic carbocycles. The zero-order valence-corrected chi connectivity index (χ0v) is 11.8. The number of sulfonamides is 1. The van der Waals surface area contributed by atoms with Gasteiger partial charge in [-0.15, -0.1) is 0 Å². The summed E-state index contributed by atoms with van der Waals surface area (Å²) in [6.07, 6.45) is 0. The lowest BCUT2D eigenvalue weighted by Gasteiger charge is -2.13. The summed E-state index contributed by atoms with van der Waals surface area (Å²) >= 11 is 0. The largest absolute Gasteiger partial charge is 0.872 e. The van der Waals surface area contributed by atoms with Crippen LogP contribution in [0.25, 0.3) is 0 Å². The Labute approximate surface area is 121 Å². The topological polar surface area (TPSA) is 107 Å². The Bertz CT molecular complexity index is 782. The van der Waals surface area contributed by atoms with Crippen LogP contribution in [0.4, 0.5) is 5.69 Å². The zero-order chi connectivity index (χ0) is 15.6. The highest BCUT2D eigenvalue weighted by atomic mass is 32.2. The first-order valence-electron chi connectivity index (χ1n) is 5.93. The molecule has 7 heteroatoms. The van der Waals surface area contributed by atoms with E-state index >= 15 is 0 Å². The zero-order valence-electron chi connectivity index (χ0n) is 11.0. The molecule has 0 aliphatic rings. The first kappa shape index (κ1) is 14.9. The fourth-order valence-electron chi connectivity index (χ4n) is 1.68. The van der Waals surface area contributed by atoms with Crippen molar-refractivity contribution in [3.63, 3.8) is 0 Å². The van der Waals surface area contributed by atoms with Crippen LogP contribution in [0.15, 0.2) is 47.4 Å². The van der Waals surface area contributed by atoms with Gasteiger partial charge in [0, 0.05) is 5.69 Å². The lowest BCUT2D eigenvalue weighted by atomic mass is 10.2. The highest BCUT2D eigenvalue weighted by molar-refractivity contribution is 7.92. The monoisotopic (exact) mass is 306 g/mol. The van der Waals surface area contributed by atoms with Gasteiger partial charge in [0.2, 0.25) is 0 Å². The summed E-state index contributed by atoms with van der Waals surface area (Å²) in [5, 5.41) is 20.2. The maximum atomic E-state index is 12.2. The lowest BCUT2D eigenvalue weighted by Crippen LogP contribution is -2.14. The molecule has 0 aliphatic heterocycles. The van der Waals surface area contributed by atoms with E-state index in [9.17, 15) is 18.3 Å². The van der Waals surface area contributed by atoms with E-state index in [2.05, 4.69) is 4.72 Å². The predicted octanol–water partition coefficient (Wildman–Crippen LogP) is 1.57. The van der Waals surface area contributed by atoms with Crippen molar-refractivity contribution >= 4 is 21.7 Å². The van der Waals surface area contributed by atoms with Crippen LogP contribution in [-0.2, 0) is 10.0 Å². The van der Waals surface area contributed by atoms with E-state index in [1.807, 2.05) is 6.92 Å². The molecule has 0 saturated heterocycles. The van der Waals surface area contributed by atoms with Gasteiger partial charge in [0.05, 0.1) is 10.5 Å². The first-order chi connectivity index (χ1) is 9.79. The van der Waals surface area contributed by atoms with Crippen molar-refractivity contribution in [3.05, 3.63) is 53.6 Å². The molecule has 0 saturated carbocycles. The molecule has 2 N–H and O–H groups in total. The van der Waals surface area contributed by atoms with Gasteiger partial charge in [-0.2, -0.15) is 0 Å². The lowest BCUT2D eigenvalue weighted by molar-refractivity contribution is -0.268. The van der Waals surface area contributed by atoms with E-state index in [-0.39, 0.29) is 4.90 Å². The number of carboxylic acids is 1. The SMILES string of the molecule is Cc1ccc(NS(=O)(=O)c2ccc([O-])c(C(=O)O)c2)cc1. The Morgan fingerprint density at radius 1 is 1.14 bits per heavy atom. The third-order valence-corrected chi connectivity index (χ3v) is 4.17. The van der Waals surface area contributed by atoms with Crippen molar-refractivity contribution in [3.8, 4) is 5.75 Å². The summed E-state index contributed by atoms with van der Waals surface area (Å²) in [6, 6.07) is 9.50. The maximum absolute atomic E-state index is 12.2. The number of hydrogen-bond donors (Lipinski definition) is 2. The highest BCUT2D eigenvalue weighted by Gasteiger charge is 2.16. The predicted molar refractivity (Wildman–Crippen MR) is 74.8 cm³/mol. The number of hydrogen-bond acceptors (Lipinski definition) is 4. The van der Waals surface area contributed by atoms with Crippen molar-refractivity contribution in [2.24, 2.45) is 0 Å². The molecule has 0 atom stereocenters. The minimum absolute atomic E-state index is 0.278. The quantitative estimate of drug-likeness (QED) is 0.891. The van der Waals surface area contributed by atoms with Crippen molar-refractivity contribution in [1.29, 1.82) is 0 Å². The molecule has 0 spiro atoms. The van der Waals surface area contributed by atoms with Crippen molar-refractivity contribution in [1.82, 2.24) is 0 Å². The van der Waals surface area contributed by atoms with Gasteiger partial charge in [-0.25, -0.2) is 13.2 Å². The summed E-state index contributed by atoms with van der Waals surface area (Å²) in [7, 11) is -3.95. The molecule has 0 bridgehead atoms. The second-order valence-corrected chi connectivity index (χ2v) is 6.12. The van der Waals surface area contributed by atoms with Crippen LogP contribution in [-0.4, -0.2) is 19.5 Å². The number of carbonyl (C=O) groups is 1. The smallest absolute Gasteiger partial charge is 0.335 e. The third-order valence-electron chi connectivity index (χ3n) is 2.80. The first-order valence-corrected chi connectivity index (χ1v) is 7.42. The van der Waals surface area contributed by atoms with Gasteiger partial charge < -0.3 is 10.2 Å². The average Bonchev–Trinajstić information content (AvgIpc) is 2.41. The van der Waals surface area contributed by atoms with E-state index < -0.39 is 27.3 Å². The third kappa shape index (κ3) is 3.32. The van der Waals surface area contributed by atoms with Crippen molar-refractivity contribution in [2.45, 2.75) is 11.8 Å². The summed E-state index contributed by atoms with van der Waals surface area (Å²) in [6.45, 7) is 1.87. The van der Waals surface area contributed by atoms with Crippen LogP contribution in [0.2, 0.25) is 0 Å². The molecular weight excluding hydrogens is 294 g/mol. The van der Waals surface area contributed by atoms with Gasteiger partial charge >= 0.3 is 5.97 Å². The minimum Gasteiger partial charge on any atom is -0.872 e. The molecule has 2 aromatic rings. The normalized spacial score (nSPS) is 11.1. The Morgan fingerprint density at radius 2 is 1.76 bits per heavy atom. The molecule has 21 heavy (non-hydrogen) atoms. The second kappa shape index (κ2) is 5.45. The van der Waals surface area contributed by atoms with Gasteiger partial charge in [0.1, 0.15) is 0 Å². The van der Waals surface area contributed by atoms with Gasteiger partial charge in [-0.3, -0.25) is 4.72 Å². The van der Waals surface area contributed by atoms with Gasteiger partial charge in [0.15, 0.2) is 0 Å². The summed E-state index contributed by atoms with van der Waals surface area (Å²) in [5.74, 6) is -2.20. The molecule has 0 radical (unpaired) electrons. The van der Waals surface area contributed by atoms with E-state index in [1.54, 1.807) is 24.3 Å². The molecule has 110 valence electrons. The average molecular weight is 306 g/mol. The molecular formula is C14H12NO5S-. The molecule has 0 aliphatic carbocycles. The Kier molecular flexibility index (Phi) is 3.86. The standard InChI is InChI=1S/C14H13NO5S/c1-9-2-4-10(5-3-9)15-21(19,20)11-6-7-13(16)12(8-11)14(17)18/h2-8,15-16H,1H3,(H,17,18)/p-1. The summed E-state index contributed by atoms with van der Waals surface area (Å²) in [5.41, 5.74) is 0.743.